The fourth-order valence-electron chi connectivity index (χ4n) is 1.78. The summed E-state index contributed by atoms with van der Waals surface area (Å²) < 4.78 is 4.73. The van der Waals surface area contributed by atoms with Gasteiger partial charge in [-0.25, -0.2) is 4.79 Å². The molecule has 0 aromatic carbocycles. The van der Waals surface area contributed by atoms with E-state index in [1.54, 1.807) is 0 Å². The highest BCUT2D eigenvalue weighted by Crippen LogP contribution is 2.29. The highest BCUT2D eigenvalue weighted by atomic mass is 32.1. The second-order valence-corrected chi connectivity index (χ2v) is 4.15. The maximum absolute atomic E-state index is 11.3. The average Bonchev–Trinajstić information content (AvgIpc) is 2.60. The molecule has 0 saturated heterocycles. The zero-order valence-electron chi connectivity index (χ0n) is 7.63. The lowest BCUT2D eigenvalue weighted by Gasteiger charge is -2.11. The van der Waals surface area contributed by atoms with Crippen molar-refractivity contribution in [3.05, 3.63) is 21.4 Å². The number of carbonyl (C=O) groups excluding carboxylic acids is 1. The maximum Gasteiger partial charge on any atom is 0.348 e. The molecule has 1 aromatic rings. The fraction of sp³-hybridized carbons (Fsp3) is 0.500. The first kappa shape index (κ1) is 8.75. The van der Waals surface area contributed by atoms with Gasteiger partial charge in [0.2, 0.25) is 0 Å². The van der Waals surface area contributed by atoms with Gasteiger partial charge in [0.1, 0.15) is 4.88 Å². The van der Waals surface area contributed by atoms with E-state index in [1.807, 2.05) is 0 Å². The van der Waals surface area contributed by atoms with Crippen LogP contribution in [0.4, 0.5) is 0 Å². The molecule has 1 heterocycles. The molecule has 3 heteroatoms. The zero-order valence-corrected chi connectivity index (χ0v) is 8.45. The van der Waals surface area contributed by atoms with Gasteiger partial charge in [-0.1, -0.05) is 0 Å². The van der Waals surface area contributed by atoms with Crippen molar-refractivity contribution in [1.82, 2.24) is 0 Å². The van der Waals surface area contributed by atoms with Crippen molar-refractivity contribution in [3.63, 3.8) is 0 Å². The lowest BCUT2D eigenvalue weighted by atomic mass is 9.94. The van der Waals surface area contributed by atoms with Gasteiger partial charge in [0, 0.05) is 0 Å². The molecule has 2 nitrogen and oxygen atoms in total. The summed E-state index contributed by atoms with van der Waals surface area (Å²) in [6.45, 7) is 0. The highest BCUT2D eigenvalue weighted by molar-refractivity contribution is 7.12. The van der Waals surface area contributed by atoms with Gasteiger partial charge in [0.05, 0.1) is 7.11 Å². The van der Waals surface area contributed by atoms with Crippen molar-refractivity contribution in [3.8, 4) is 0 Å². The minimum absolute atomic E-state index is 0.173. The third-order valence-corrected chi connectivity index (χ3v) is 3.53. The Morgan fingerprint density at radius 3 is 3.00 bits per heavy atom. The summed E-state index contributed by atoms with van der Waals surface area (Å²) in [6.07, 6.45) is 4.63. The zero-order chi connectivity index (χ0) is 9.26. The lowest BCUT2D eigenvalue weighted by molar-refractivity contribution is 0.0605. The second kappa shape index (κ2) is 3.50. The largest absolute Gasteiger partial charge is 0.465 e. The third-order valence-electron chi connectivity index (χ3n) is 2.47. The summed E-state index contributed by atoms with van der Waals surface area (Å²) in [5.74, 6) is -0.173. The average molecular weight is 196 g/mol. The number of rotatable bonds is 1. The van der Waals surface area contributed by atoms with E-state index in [0.29, 0.717) is 0 Å². The van der Waals surface area contributed by atoms with Crippen LogP contribution in [0.2, 0.25) is 0 Å². The molecule has 0 bridgehead atoms. The first-order valence-corrected chi connectivity index (χ1v) is 5.38. The second-order valence-electron chi connectivity index (χ2n) is 3.27. The SMILES string of the molecule is COC(=O)c1scc2c1CCCC2. The number of methoxy groups -OCH3 is 1. The smallest absolute Gasteiger partial charge is 0.348 e. The van der Waals surface area contributed by atoms with E-state index in [1.165, 1.54) is 42.4 Å². The van der Waals surface area contributed by atoms with Crippen LogP contribution in [-0.4, -0.2) is 13.1 Å². The Bertz CT molecular complexity index is 328. The number of aryl methyl sites for hydroxylation is 1. The van der Waals surface area contributed by atoms with Crippen LogP contribution >= 0.6 is 11.3 Å². The Morgan fingerprint density at radius 1 is 1.46 bits per heavy atom. The summed E-state index contributed by atoms with van der Waals surface area (Å²) >= 11 is 1.52. The number of ether oxygens (including phenoxy) is 1. The third kappa shape index (κ3) is 1.48. The lowest BCUT2D eigenvalue weighted by Crippen LogP contribution is -2.06. The number of fused-ring (bicyclic) bond motifs is 1. The molecule has 0 saturated carbocycles. The van der Waals surface area contributed by atoms with E-state index < -0.39 is 0 Å². The molecular formula is C10H12O2S. The predicted molar refractivity (Wildman–Crippen MR) is 52.3 cm³/mol. The van der Waals surface area contributed by atoms with Crippen molar-refractivity contribution in [1.29, 1.82) is 0 Å². The summed E-state index contributed by atoms with van der Waals surface area (Å²) in [7, 11) is 1.44. The van der Waals surface area contributed by atoms with Gasteiger partial charge >= 0.3 is 5.97 Å². The summed E-state index contributed by atoms with van der Waals surface area (Å²) in [4.78, 5) is 12.2. The normalized spacial score (nSPS) is 15.2. The van der Waals surface area contributed by atoms with Crippen LogP contribution in [0.15, 0.2) is 5.38 Å². The standard InChI is InChI=1S/C10H12O2S/c1-12-10(11)9-8-5-3-2-4-7(8)6-13-9/h6H,2-5H2,1H3. The van der Waals surface area contributed by atoms with Crippen molar-refractivity contribution in [2.75, 3.05) is 7.11 Å². The first-order valence-electron chi connectivity index (χ1n) is 4.50. The van der Waals surface area contributed by atoms with E-state index in [0.717, 1.165) is 17.7 Å². The molecule has 2 rings (SSSR count). The van der Waals surface area contributed by atoms with Crippen LogP contribution in [0.1, 0.15) is 33.6 Å². The fourth-order valence-corrected chi connectivity index (χ4v) is 2.86. The Labute approximate surface area is 81.5 Å². The molecule has 0 amide bonds. The number of hydrogen-bond acceptors (Lipinski definition) is 3. The minimum atomic E-state index is -0.173. The van der Waals surface area contributed by atoms with Gasteiger partial charge in [0.15, 0.2) is 0 Å². The summed E-state index contributed by atoms with van der Waals surface area (Å²) in [5.41, 5.74) is 2.60. The van der Waals surface area contributed by atoms with E-state index >= 15 is 0 Å². The molecule has 1 aromatic heterocycles. The quantitative estimate of drug-likeness (QED) is 0.645. The van der Waals surface area contributed by atoms with Crippen LogP contribution in [0.25, 0.3) is 0 Å². The Balaban J connectivity index is 2.36. The van der Waals surface area contributed by atoms with Crippen LogP contribution in [0.5, 0.6) is 0 Å². The van der Waals surface area contributed by atoms with Crippen molar-refractivity contribution in [2.24, 2.45) is 0 Å². The molecule has 0 fully saturated rings. The van der Waals surface area contributed by atoms with Crippen LogP contribution < -0.4 is 0 Å². The number of esters is 1. The molecule has 1 aliphatic rings. The monoisotopic (exact) mass is 196 g/mol. The molecule has 0 radical (unpaired) electrons. The van der Waals surface area contributed by atoms with Gasteiger partial charge in [-0.2, -0.15) is 0 Å². The molecular weight excluding hydrogens is 184 g/mol. The van der Waals surface area contributed by atoms with E-state index in [4.69, 9.17) is 4.74 Å². The van der Waals surface area contributed by atoms with E-state index in [9.17, 15) is 4.79 Å². The predicted octanol–water partition coefficient (Wildman–Crippen LogP) is 2.41. The number of carbonyl (C=O) groups is 1. The Morgan fingerprint density at radius 2 is 2.23 bits per heavy atom. The molecule has 0 aliphatic heterocycles. The molecule has 70 valence electrons. The van der Waals surface area contributed by atoms with E-state index in [-0.39, 0.29) is 5.97 Å². The highest BCUT2D eigenvalue weighted by Gasteiger charge is 2.20. The van der Waals surface area contributed by atoms with Gasteiger partial charge in [-0.3, -0.25) is 0 Å². The van der Waals surface area contributed by atoms with Crippen molar-refractivity contribution in [2.45, 2.75) is 25.7 Å². The Hall–Kier alpha value is -0.830. The van der Waals surface area contributed by atoms with Gasteiger partial charge in [-0.05, 0) is 42.2 Å². The topological polar surface area (TPSA) is 26.3 Å². The molecule has 13 heavy (non-hydrogen) atoms. The Kier molecular flexibility index (Phi) is 2.36. The summed E-state index contributed by atoms with van der Waals surface area (Å²) in [5, 5.41) is 2.10. The molecule has 1 aliphatic carbocycles. The minimum Gasteiger partial charge on any atom is -0.465 e. The van der Waals surface area contributed by atoms with Crippen molar-refractivity contribution >= 4 is 17.3 Å². The van der Waals surface area contributed by atoms with Crippen LogP contribution in [0.3, 0.4) is 0 Å². The number of hydrogen-bond donors (Lipinski definition) is 0. The van der Waals surface area contributed by atoms with E-state index in [2.05, 4.69) is 5.38 Å². The van der Waals surface area contributed by atoms with Crippen molar-refractivity contribution < 1.29 is 9.53 Å². The van der Waals surface area contributed by atoms with Gasteiger partial charge < -0.3 is 4.74 Å². The van der Waals surface area contributed by atoms with Crippen LogP contribution in [-0.2, 0) is 17.6 Å². The number of thiophene rings is 1. The summed E-state index contributed by atoms with van der Waals surface area (Å²) in [6, 6.07) is 0. The molecule has 0 unspecified atom stereocenters. The molecule has 0 spiro atoms. The first-order chi connectivity index (χ1) is 6.33. The van der Waals surface area contributed by atoms with Gasteiger partial charge in [0.25, 0.3) is 0 Å². The maximum atomic E-state index is 11.3. The van der Waals surface area contributed by atoms with Gasteiger partial charge in [-0.15, -0.1) is 11.3 Å². The molecule has 0 N–H and O–H groups in total. The van der Waals surface area contributed by atoms with Crippen LogP contribution in [0, 0.1) is 0 Å². The molecule has 0 atom stereocenters.